The zero-order valence-corrected chi connectivity index (χ0v) is 17.8. The van der Waals surface area contributed by atoms with Crippen molar-refractivity contribution in [1.29, 1.82) is 0 Å². The van der Waals surface area contributed by atoms with E-state index in [2.05, 4.69) is 10.2 Å². The number of ether oxygens (including phenoxy) is 2. The van der Waals surface area contributed by atoms with E-state index in [-0.39, 0.29) is 11.8 Å². The van der Waals surface area contributed by atoms with Gasteiger partial charge in [-0.1, -0.05) is 47.7 Å². The fourth-order valence-corrected chi connectivity index (χ4v) is 4.52. The predicted molar refractivity (Wildman–Crippen MR) is 123 cm³/mol. The lowest BCUT2D eigenvalue weighted by Crippen LogP contribution is -2.52. The molecule has 6 nitrogen and oxygen atoms in total. The van der Waals surface area contributed by atoms with Gasteiger partial charge in [0, 0.05) is 13.1 Å². The molecule has 7 heteroatoms. The Morgan fingerprint density at radius 1 is 1.00 bits per heavy atom. The second-order valence-electron chi connectivity index (χ2n) is 7.31. The Hall–Kier alpha value is -3.58. The molecule has 4 aromatic rings. The topological polar surface area (TPSA) is 63.7 Å². The molecule has 1 fully saturated rings. The Kier molecular flexibility index (Phi) is 5.18. The minimum Gasteiger partial charge on any atom is -0.494 e. The number of thiazole rings is 1. The average molecular weight is 432 g/mol. The van der Waals surface area contributed by atoms with Crippen LogP contribution in [-0.4, -0.2) is 31.1 Å². The molecule has 1 saturated heterocycles. The molecule has 0 atom stereocenters. The number of nitrogens with zero attached hydrogens (tertiary/aromatic N) is 2. The number of hydrogen-bond donors (Lipinski definition) is 1. The van der Waals surface area contributed by atoms with E-state index in [1.807, 2.05) is 72.8 Å². The summed E-state index contributed by atoms with van der Waals surface area (Å²) < 4.78 is 12.4. The maximum absolute atomic E-state index is 12.8. The summed E-state index contributed by atoms with van der Waals surface area (Å²) in [4.78, 5) is 19.7. The van der Waals surface area contributed by atoms with Gasteiger partial charge >= 0.3 is 0 Å². The summed E-state index contributed by atoms with van der Waals surface area (Å²) in [6.45, 7) is 1.27. The number of carbonyl (C=O) groups excluding carboxylic acids is 1. The summed E-state index contributed by atoms with van der Waals surface area (Å²) in [5.41, 5.74) is 1.53. The second kappa shape index (κ2) is 8.28. The van der Waals surface area contributed by atoms with Gasteiger partial charge in [0.05, 0.1) is 23.4 Å². The van der Waals surface area contributed by atoms with Crippen molar-refractivity contribution < 1.29 is 14.3 Å². The van der Waals surface area contributed by atoms with Crippen LogP contribution in [0.3, 0.4) is 0 Å². The summed E-state index contributed by atoms with van der Waals surface area (Å²) in [6, 6.07) is 22.9. The van der Waals surface area contributed by atoms with E-state index in [9.17, 15) is 4.79 Å². The highest BCUT2D eigenvalue weighted by molar-refractivity contribution is 7.22. The van der Waals surface area contributed by atoms with Gasteiger partial charge in [-0.2, -0.15) is 0 Å². The third-order valence-corrected chi connectivity index (χ3v) is 6.31. The lowest BCUT2D eigenvalue weighted by atomic mass is 10.00. The highest BCUT2D eigenvalue weighted by atomic mass is 32.1. The van der Waals surface area contributed by atoms with Crippen LogP contribution >= 0.6 is 11.3 Å². The van der Waals surface area contributed by atoms with E-state index in [0.717, 1.165) is 26.8 Å². The van der Waals surface area contributed by atoms with Crippen LogP contribution in [0.1, 0.15) is 0 Å². The number of methoxy groups -OCH3 is 1. The first-order chi connectivity index (χ1) is 15.2. The molecule has 0 aliphatic carbocycles. The van der Waals surface area contributed by atoms with Crippen molar-refractivity contribution in [2.24, 2.45) is 5.92 Å². The number of hydrogen-bond acceptors (Lipinski definition) is 6. The van der Waals surface area contributed by atoms with Gasteiger partial charge in [0.15, 0.2) is 10.9 Å². The minimum atomic E-state index is -0.0984. The van der Waals surface area contributed by atoms with Gasteiger partial charge in [-0.3, -0.25) is 4.79 Å². The number of anilines is 2. The summed E-state index contributed by atoms with van der Waals surface area (Å²) in [5, 5.41) is 3.94. The molecular weight excluding hydrogens is 410 g/mol. The third kappa shape index (κ3) is 3.92. The molecule has 0 bridgehead atoms. The first kappa shape index (κ1) is 19.4. The number of para-hydroxylation sites is 4. The second-order valence-corrected chi connectivity index (χ2v) is 8.31. The van der Waals surface area contributed by atoms with Gasteiger partial charge in [0.25, 0.3) is 0 Å². The molecular formula is C24H21N3O3S. The Labute approximate surface area is 184 Å². The van der Waals surface area contributed by atoms with Crippen molar-refractivity contribution in [2.75, 3.05) is 30.4 Å². The van der Waals surface area contributed by atoms with Gasteiger partial charge in [-0.15, -0.1) is 0 Å². The first-order valence-electron chi connectivity index (χ1n) is 10.0. The quantitative estimate of drug-likeness (QED) is 0.456. The smallest absolute Gasteiger partial charge is 0.231 e. The molecule has 1 amide bonds. The number of amides is 1. The van der Waals surface area contributed by atoms with Crippen molar-refractivity contribution in [3.63, 3.8) is 0 Å². The molecule has 1 aromatic heterocycles. The Bertz CT molecular complexity index is 1220. The van der Waals surface area contributed by atoms with Gasteiger partial charge in [0.1, 0.15) is 17.0 Å². The zero-order valence-electron chi connectivity index (χ0n) is 16.9. The summed E-state index contributed by atoms with van der Waals surface area (Å²) in [7, 11) is 1.65. The van der Waals surface area contributed by atoms with Crippen LogP contribution in [-0.2, 0) is 4.79 Å². The van der Waals surface area contributed by atoms with E-state index < -0.39 is 0 Å². The molecule has 1 aliphatic heterocycles. The maximum Gasteiger partial charge on any atom is 0.231 e. The van der Waals surface area contributed by atoms with Gasteiger partial charge in [0.2, 0.25) is 5.91 Å². The zero-order chi connectivity index (χ0) is 21.2. The lowest BCUT2D eigenvalue weighted by molar-refractivity contribution is -0.120. The lowest BCUT2D eigenvalue weighted by Gasteiger charge is -2.38. The maximum atomic E-state index is 12.8. The van der Waals surface area contributed by atoms with Crippen molar-refractivity contribution in [1.82, 2.24) is 4.98 Å². The van der Waals surface area contributed by atoms with E-state index in [1.165, 1.54) is 0 Å². The van der Waals surface area contributed by atoms with E-state index >= 15 is 0 Å². The predicted octanol–water partition coefficient (Wildman–Crippen LogP) is 5.17. The van der Waals surface area contributed by atoms with Gasteiger partial charge in [-0.25, -0.2) is 4.98 Å². The molecule has 5 rings (SSSR count). The van der Waals surface area contributed by atoms with Crippen molar-refractivity contribution in [2.45, 2.75) is 0 Å². The van der Waals surface area contributed by atoms with E-state index in [4.69, 9.17) is 14.5 Å². The van der Waals surface area contributed by atoms with Crippen molar-refractivity contribution >= 4 is 38.3 Å². The largest absolute Gasteiger partial charge is 0.494 e. The normalized spacial score (nSPS) is 13.6. The molecule has 156 valence electrons. The SMILES string of the molecule is COc1cccc2sc(N3CC(C(=O)Nc4ccccc4Oc4ccccc4)C3)nc12. The fraction of sp³-hybridized carbons (Fsp3) is 0.167. The van der Waals surface area contributed by atoms with Crippen LogP contribution in [0.5, 0.6) is 17.2 Å². The van der Waals surface area contributed by atoms with Crippen molar-refractivity contribution in [3.8, 4) is 17.2 Å². The van der Waals surface area contributed by atoms with Crippen LogP contribution in [0.4, 0.5) is 10.8 Å². The molecule has 0 radical (unpaired) electrons. The molecule has 2 heterocycles. The molecule has 0 saturated carbocycles. The molecule has 1 aliphatic rings. The monoisotopic (exact) mass is 431 g/mol. The summed E-state index contributed by atoms with van der Waals surface area (Å²) in [5.74, 6) is 2.00. The molecule has 1 N–H and O–H groups in total. The third-order valence-electron chi connectivity index (χ3n) is 5.23. The number of rotatable bonds is 6. The fourth-order valence-electron chi connectivity index (χ4n) is 3.52. The first-order valence-corrected chi connectivity index (χ1v) is 10.8. The Morgan fingerprint density at radius 3 is 2.55 bits per heavy atom. The average Bonchev–Trinajstić information content (AvgIpc) is 3.18. The molecule has 0 unspecified atom stereocenters. The van der Waals surface area contributed by atoms with Gasteiger partial charge < -0.3 is 19.7 Å². The molecule has 31 heavy (non-hydrogen) atoms. The van der Waals surface area contributed by atoms with Crippen LogP contribution in [0.15, 0.2) is 72.8 Å². The number of carbonyl (C=O) groups is 1. The highest BCUT2D eigenvalue weighted by Gasteiger charge is 2.35. The Balaban J connectivity index is 1.25. The van der Waals surface area contributed by atoms with Crippen LogP contribution < -0.4 is 19.7 Å². The van der Waals surface area contributed by atoms with E-state index in [0.29, 0.717) is 24.5 Å². The highest BCUT2D eigenvalue weighted by Crippen LogP contribution is 2.37. The summed E-state index contributed by atoms with van der Waals surface area (Å²) in [6.07, 6.45) is 0. The standard InChI is InChI=1S/C24H21N3O3S/c1-29-20-12-7-13-21-22(20)26-24(31-21)27-14-16(15-27)23(28)25-18-10-5-6-11-19(18)30-17-8-3-2-4-9-17/h2-13,16H,14-15H2,1H3,(H,25,28). The number of aromatic nitrogens is 1. The molecule has 0 spiro atoms. The van der Waals surface area contributed by atoms with Crippen molar-refractivity contribution in [3.05, 3.63) is 72.8 Å². The van der Waals surface area contributed by atoms with Crippen LogP contribution in [0.2, 0.25) is 0 Å². The summed E-state index contributed by atoms with van der Waals surface area (Å²) >= 11 is 1.62. The van der Waals surface area contributed by atoms with Crippen LogP contribution in [0.25, 0.3) is 10.2 Å². The number of fused-ring (bicyclic) bond motifs is 1. The van der Waals surface area contributed by atoms with E-state index in [1.54, 1.807) is 18.4 Å². The Morgan fingerprint density at radius 2 is 1.74 bits per heavy atom. The van der Waals surface area contributed by atoms with Gasteiger partial charge in [-0.05, 0) is 36.4 Å². The van der Waals surface area contributed by atoms with Crippen LogP contribution in [0, 0.1) is 5.92 Å². The number of benzene rings is 3. The minimum absolute atomic E-state index is 0.0148. The molecule has 3 aromatic carbocycles. The number of nitrogens with one attached hydrogen (secondary N) is 1.